The zero-order chi connectivity index (χ0) is 10.8. The van der Waals surface area contributed by atoms with Gasteiger partial charge >= 0.3 is 0 Å². The molecule has 2 rings (SSSR count). The number of hydrogen-bond donors (Lipinski definition) is 0. The first kappa shape index (κ1) is 9.93. The number of rotatable bonds is 2. The van der Waals surface area contributed by atoms with Crippen molar-refractivity contribution < 1.29 is 4.74 Å². The summed E-state index contributed by atoms with van der Waals surface area (Å²) in [6.45, 7) is 3.50. The highest BCUT2D eigenvalue weighted by molar-refractivity contribution is 6.35. The molecule has 0 amide bonds. The molecule has 2 aromatic rings. The van der Waals surface area contributed by atoms with Gasteiger partial charge in [0.05, 0.1) is 23.3 Å². The van der Waals surface area contributed by atoms with Gasteiger partial charge in [0.1, 0.15) is 5.75 Å². The second-order valence-electron chi connectivity index (χ2n) is 2.99. The van der Waals surface area contributed by atoms with E-state index in [0.29, 0.717) is 16.3 Å². The molecule has 0 radical (unpaired) electrons. The molecule has 0 bridgehead atoms. The monoisotopic (exact) mass is 220 g/mol. The van der Waals surface area contributed by atoms with Crippen molar-refractivity contribution >= 4 is 34.9 Å². The van der Waals surface area contributed by atoms with Gasteiger partial charge in [-0.3, -0.25) is 9.98 Å². The van der Waals surface area contributed by atoms with Crippen molar-refractivity contribution in [3.8, 4) is 5.75 Å². The van der Waals surface area contributed by atoms with Crippen molar-refractivity contribution in [2.75, 3.05) is 7.11 Å². The summed E-state index contributed by atoms with van der Waals surface area (Å²) in [5, 5.41) is 1.40. The first-order chi connectivity index (χ1) is 7.26. The Morgan fingerprint density at radius 1 is 1.47 bits per heavy atom. The summed E-state index contributed by atoms with van der Waals surface area (Å²) in [7, 11) is 1.59. The van der Waals surface area contributed by atoms with Gasteiger partial charge in [-0.15, -0.1) is 0 Å². The van der Waals surface area contributed by atoms with Gasteiger partial charge in [0.2, 0.25) is 0 Å². The van der Waals surface area contributed by atoms with E-state index in [2.05, 4.69) is 16.7 Å². The van der Waals surface area contributed by atoms with Gasteiger partial charge in [0.15, 0.2) is 0 Å². The van der Waals surface area contributed by atoms with Crippen molar-refractivity contribution in [1.82, 2.24) is 4.98 Å². The Labute approximate surface area is 92.4 Å². The number of benzene rings is 1. The Morgan fingerprint density at radius 3 is 2.93 bits per heavy atom. The van der Waals surface area contributed by atoms with E-state index in [4.69, 9.17) is 16.3 Å². The van der Waals surface area contributed by atoms with E-state index in [1.807, 2.05) is 6.07 Å². The first-order valence-electron chi connectivity index (χ1n) is 4.35. The second kappa shape index (κ2) is 3.87. The number of aliphatic imine (C=N–C) groups is 1. The molecule has 0 aliphatic rings. The average molecular weight is 221 g/mol. The molecule has 3 nitrogen and oxygen atoms in total. The number of fused-ring (bicyclic) bond motifs is 1. The zero-order valence-electron chi connectivity index (χ0n) is 8.20. The fourth-order valence-corrected chi connectivity index (χ4v) is 1.69. The van der Waals surface area contributed by atoms with E-state index >= 15 is 0 Å². The SMILES string of the molecule is C=Nc1ccnc2c(Cl)cc(OC)cc12. The van der Waals surface area contributed by atoms with Gasteiger partial charge in [-0.05, 0) is 18.9 Å². The summed E-state index contributed by atoms with van der Waals surface area (Å²) in [4.78, 5) is 8.10. The quantitative estimate of drug-likeness (QED) is 0.729. The van der Waals surface area contributed by atoms with Gasteiger partial charge in [-0.1, -0.05) is 11.6 Å². The van der Waals surface area contributed by atoms with Crippen LogP contribution in [0.25, 0.3) is 10.9 Å². The summed E-state index contributed by atoms with van der Waals surface area (Å²) in [6.07, 6.45) is 1.66. The Bertz CT molecular complexity index is 525. The highest BCUT2D eigenvalue weighted by atomic mass is 35.5. The van der Waals surface area contributed by atoms with Crippen LogP contribution in [0.2, 0.25) is 5.02 Å². The van der Waals surface area contributed by atoms with Crippen LogP contribution in [-0.4, -0.2) is 18.8 Å². The highest BCUT2D eigenvalue weighted by Gasteiger charge is 2.06. The molecule has 4 heteroatoms. The molecular formula is C11H9ClN2O. The van der Waals surface area contributed by atoms with Crippen LogP contribution in [0, 0.1) is 0 Å². The lowest BCUT2D eigenvalue weighted by atomic mass is 10.2. The average Bonchev–Trinajstić information content (AvgIpc) is 2.28. The van der Waals surface area contributed by atoms with E-state index < -0.39 is 0 Å². The lowest BCUT2D eigenvalue weighted by Gasteiger charge is -2.05. The maximum atomic E-state index is 6.07. The Balaban J connectivity index is 2.85. The van der Waals surface area contributed by atoms with Crippen LogP contribution < -0.4 is 4.74 Å². The summed E-state index contributed by atoms with van der Waals surface area (Å²) in [5.74, 6) is 0.686. The number of halogens is 1. The summed E-state index contributed by atoms with van der Waals surface area (Å²) >= 11 is 6.07. The largest absolute Gasteiger partial charge is 0.497 e. The molecular weight excluding hydrogens is 212 g/mol. The van der Waals surface area contributed by atoms with Crippen LogP contribution in [0.4, 0.5) is 5.69 Å². The molecule has 1 aromatic carbocycles. The third-order valence-corrected chi connectivity index (χ3v) is 2.44. The second-order valence-corrected chi connectivity index (χ2v) is 3.40. The number of aromatic nitrogens is 1. The van der Waals surface area contributed by atoms with E-state index in [1.54, 1.807) is 25.4 Å². The van der Waals surface area contributed by atoms with Gasteiger partial charge in [-0.25, -0.2) is 0 Å². The summed E-state index contributed by atoms with van der Waals surface area (Å²) < 4.78 is 5.13. The third-order valence-electron chi connectivity index (χ3n) is 2.15. The van der Waals surface area contributed by atoms with Crippen molar-refractivity contribution in [1.29, 1.82) is 0 Å². The standard InChI is InChI=1S/C11H9ClN2O/c1-13-10-3-4-14-11-8(10)5-7(15-2)6-9(11)12/h3-6H,1H2,2H3. The van der Waals surface area contributed by atoms with Gasteiger partial charge in [0.25, 0.3) is 0 Å². The maximum Gasteiger partial charge on any atom is 0.121 e. The molecule has 0 fully saturated rings. The third kappa shape index (κ3) is 1.66. The minimum Gasteiger partial charge on any atom is -0.497 e. The first-order valence-corrected chi connectivity index (χ1v) is 4.73. The Kier molecular flexibility index (Phi) is 2.56. The van der Waals surface area contributed by atoms with Crippen molar-refractivity contribution in [2.45, 2.75) is 0 Å². The molecule has 0 atom stereocenters. The highest BCUT2D eigenvalue weighted by Crippen LogP contribution is 2.32. The molecule has 0 N–H and O–H groups in total. The molecule has 15 heavy (non-hydrogen) atoms. The molecule has 0 saturated carbocycles. The molecule has 0 aliphatic carbocycles. The number of ether oxygens (including phenoxy) is 1. The smallest absolute Gasteiger partial charge is 0.121 e. The minimum absolute atomic E-state index is 0.551. The van der Waals surface area contributed by atoms with E-state index in [-0.39, 0.29) is 0 Å². The Hall–Kier alpha value is -1.61. The van der Waals surface area contributed by atoms with Gasteiger partial charge in [-0.2, -0.15) is 0 Å². The maximum absolute atomic E-state index is 6.07. The zero-order valence-corrected chi connectivity index (χ0v) is 8.95. The van der Waals surface area contributed by atoms with E-state index in [9.17, 15) is 0 Å². The van der Waals surface area contributed by atoms with Crippen LogP contribution in [0.1, 0.15) is 0 Å². The predicted molar refractivity (Wildman–Crippen MR) is 62.5 cm³/mol. The number of hydrogen-bond acceptors (Lipinski definition) is 3. The summed E-state index contributed by atoms with van der Waals surface area (Å²) in [5.41, 5.74) is 1.46. The molecule has 0 spiro atoms. The topological polar surface area (TPSA) is 34.5 Å². The fourth-order valence-electron chi connectivity index (χ4n) is 1.43. The molecule has 0 unspecified atom stereocenters. The lowest BCUT2D eigenvalue weighted by Crippen LogP contribution is -1.86. The van der Waals surface area contributed by atoms with E-state index in [1.165, 1.54) is 0 Å². The van der Waals surface area contributed by atoms with Crippen LogP contribution in [-0.2, 0) is 0 Å². The Morgan fingerprint density at radius 2 is 2.27 bits per heavy atom. The normalized spacial score (nSPS) is 10.3. The van der Waals surface area contributed by atoms with Crippen molar-refractivity contribution in [2.24, 2.45) is 4.99 Å². The van der Waals surface area contributed by atoms with Crippen LogP contribution >= 0.6 is 11.6 Å². The van der Waals surface area contributed by atoms with Crippen LogP contribution in [0.5, 0.6) is 5.75 Å². The molecule has 1 aromatic heterocycles. The molecule has 0 aliphatic heterocycles. The van der Waals surface area contributed by atoms with Crippen molar-refractivity contribution in [3.05, 3.63) is 29.4 Å². The minimum atomic E-state index is 0.551. The van der Waals surface area contributed by atoms with Crippen molar-refractivity contribution in [3.63, 3.8) is 0 Å². The number of methoxy groups -OCH3 is 1. The van der Waals surface area contributed by atoms with Crippen LogP contribution in [0.3, 0.4) is 0 Å². The molecule has 0 saturated heterocycles. The van der Waals surface area contributed by atoms with E-state index in [0.717, 1.165) is 11.1 Å². The van der Waals surface area contributed by atoms with Crippen LogP contribution in [0.15, 0.2) is 29.4 Å². The number of pyridine rings is 1. The predicted octanol–water partition coefficient (Wildman–Crippen LogP) is 3.23. The fraction of sp³-hybridized carbons (Fsp3) is 0.0909. The molecule has 76 valence electrons. The summed E-state index contributed by atoms with van der Waals surface area (Å²) in [6, 6.07) is 5.35. The lowest BCUT2D eigenvalue weighted by molar-refractivity contribution is 0.415. The van der Waals surface area contributed by atoms with Gasteiger partial charge < -0.3 is 4.74 Å². The van der Waals surface area contributed by atoms with Gasteiger partial charge in [0, 0.05) is 17.6 Å². The molecule has 1 heterocycles. The number of nitrogens with zero attached hydrogens (tertiary/aromatic N) is 2.